The van der Waals surface area contributed by atoms with Gasteiger partial charge in [0.05, 0.1) is 37.2 Å². The van der Waals surface area contributed by atoms with Crippen LogP contribution in [0.5, 0.6) is 11.5 Å². The number of phenolic OH excluding ortho intramolecular Hbond substituents is 1. The maximum atomic E-state index is 14.0. The first kappa shape index (κ1) is 23.2. The Hall–Kier alpha value is -3.17. The first-order valence-corrected chi connectivity index (χ1v) is 13.2. The standard InChI is InChI=1S/C27H28N2O6S/c1-34-16-8-9-18(19(30)13-16)23(31)21-20-10-11-27(35-20)22(21)26(33)29(14-17-7-4-12-36-17)24(27)25(32)28-15-5-2-3-6-15/h4,7-13,15,20-22,24,30H,2-3,5-6,14H2,1H3,(H,28,32)/t20-,21+,22-,24+,27-/m1/s1. The molecular weight excluding hydrogens is 480 g/mol. The summed E-state index contributed by atoms with van der Waals surface area (Å²) in [6, 6.07) is 7.54. The maximum Gasteiger partial charge on any atom is 0.246 e. The second kappa shape index (κ2) is 8.74. The van der Waals surface area contributed by atoms with E-state index in [1.807, 2.05) is 23.6 Å². The number of methoxy groups -OCH3 is 1. The number of likely N-dealkylation sites (tertiary alicyclic amines) is 1. The Balaban J connectivity index is 1.37. The summed E-state index contributed by atoms with van der Waals surface area (Å²) in [4.78, 5) is 44.0. The van der Waals surface area contributed by atoms with Crippen molar-refractivity contribution in [3.05, 3.63) is 58.3 Å². The van der Waals surface area contributed by atoms with Gasteiger partial charge in [-0.1, -0.05) is 31.1 Å². The Morgan fingerprint density at radius 3 is 2.78 bits per heavy atom. The molecule has 1 saturated carbocycles. The zero-order valence-electron chi connectivity index (χ0n) is 19.9. The molecule has 188 valence electrons. The van der Waals surface area contributed by atoms with Crippen LogP contribution in [-0.4, -0.2) is 58.5 Å². The van der Waals surface area contributed by atoms with Gasteiger partial charge in [-0.25, -0.2) is 0 Å². The fourth-order valence-electron chi connectivity index (χ4n) is 6.38. The van der Waals surface area contributed by atoms with Gasteiger partial charge in [0.15, 0.2) is 5.78 Å². The van der Waals surface area contributed by atoms with Crippen LogP contribution in [0.15, 0.2) is 47.9 Å². The highest BCUT2D eigenvalue weighted by molar-refractivity contribution is 7.09. The highest BCUT2D eigenvalue weighted by Crippen LogP contribution is 2.56. The van der Waals surface area contributed by atoms with Gasteiger partial charge in [0.2, 0.25) is 11.8 Å². The fourth-order valence-corrected chi connectivity index (χ4v) is 7.09. The van der Waals surface area contributed by atoms with Gasteiger partial charge in [-0.15, -0.1) is 11.3 Å². The van der Waals surface area contributed by atoms with Crippen LogP contribution < -0.4 is 10.1 Å². The molecule has 2 N–H and O–H groups in total. The third-order valence-corrected chi connectivity index (χ3v) is 8.86. The minimum atomic E-state index is -1.22. The van der Waals surface area contributed by atoms with E-state index in [-0.39, 0.29) is 41.5 Å². The number of nitrogens with zero attached hydrogens (tertiary/aromatic N) is 1. The van der Waals surface area contributed by atoms with Gasteiger partial charge in [-0.2, -0.15) is 0 Å². The van der Waals surface area contributed by atoms with E-state index >= 15 is 0 Å². The van der Waals surface area contributed by atoms with E-state index in [1.54, 1.807) is 17.0 Å². The van der Waals surface area contributed by atoms with Crippen molar-refractivity contribution in [2.75, 3.05) is 7.11 Å². The van der Waals surface area contributed by atoms with Crippen LogP contribution in [0.25, 0.3) is 0 Å². The zero-order valence-corrected chi connectivity index (χ0v) is 20.7. The molecule has 2 saturated heterocycles. The molecule has 8 nitrogen and oxygen atoms in total. The first-order chi connectivity index (χ1) is 17.4. The number of hydrogen-bond donors (Lipinski definition) is 2. The summed E-state index contributed by atoms with van der Waals surface area (Å²) in [6.45, 7) is 0.272. The van der Waals surface area contributed by atoms with E-state index in [0.717, 1.165) is 30.6 Å². The number of carbonyl (C=O) groups is 3. The quantitative estimate of drug-likeness (QED) is 0.440. The summed E-state index contributed by atoms with van der Waals surface area (Å²) in [5.74, 6) is -2.35. The summed E-state index contributed by atoms with van der Waals surface area (Å²) < 4.78 is 11.5. The molecule has 4 heterocycles. The number of thiophene rings is 1. The molecule has 3 fully saturated rings. The molecule has 2 aromatic rings. The van der Waals surface area contributed by atoms with Crippen molar-refractivity contribution in [1.82, 2.24) is 10.2 Å². The number of aromatic hydroxyl groups is 1. The number of fused-ring (bicyclic) bond motifs is 1. The number of benzene rings is 1. The number of carbonyl (C=O) groups excluding carboxylic acids is 3. The van der Waals surface area contributed by atoms with E-state index in [4.69, 9.17) is 9.47 Å². The molecule has 9 heteroatoms. The van der Waals surface area contributed by atoms with Gasteiger partial charge in [-0.3, -0.25) is 14.4 Å². The molecule has 2 bridgehead atoms. The van der Waals surface area contributed by atoms with E-state index in [1.165, 1.54) is 30.6 Å². The Bertz CT molecular complexity index is 1240. The third-order valence-electron chi connectivity index (χ3n) is 8.00. The van der Waals surface area contributed by atoms with Crippen molar-refractivity contribution >= 4 is 28.9 Å². The Labute approximate surface area is 212 Å². The Morgan fingerprint density at radius 2 is 2.08 bits per heavy atom. The van der Waals surface area contributed by atoms with E-state index in [2.05, 4.69) is 5.32 Å². The van der Waals surface area contributed by atoms with Crippen LogP contribution in [0, 0.1) is 11.8 Å². The lowest BCUT2D eigenvalue weighted by molar-refractivity contribution is -0.140. The van der Waals surface area contributed by atoms with E-state index in [9.17, 15) is 19.5 Å². The molecular formula is C27H28N2O6S. The second-order valence-electron chi connectivity index (χ2n) is 9.98. The van der Waals surface area contributed by atoms with Gasteiger partial charge >= 0.3 is 0 Å². The molecule has 36 heavy (non-hydrogen) atoms. The lowest BCUT2D eigenvalue weighted by Gasteiger charge is -2.32. The number of hydrogen-bond acceptors (Lipinski definition) is 7. The van der Waals surface area contributed by atoms with Gasteiger partial charge in [0, 0.05) is 17.0 Å². The third kappa shape index (κ3) is 3.48. The molecule has 1 aromatic heterocycles. The molecule has 6 rings (SSSR count). The topological polar surface area (TPSA) is 105 Å². The molecule has 4 aliphatic rings. The minimum Gasteiger partial charge on any atom is -0.507 e. The Morgan fingerprint density at radius 1 is 1.28 bits per heavy atom. The van der Waals surface area contributed by atoms with Gasteiger partial charge in [-0.05, 0) is 36.4 Å². The molecule has 5 atom stereocenters. The van der Waals surface area contributed by atoms with Crippen LogP contribution in [-0.2, 0) is 20.9 Å². The number of Topliss-reactive ketones (excluding diaryl/α,β-unsaturated/α-hetero) is 1. The smallest absolute Gasteiger partial charge is 0.246 e. The summed E-state index contributed by atoms with van der Waals surface area (Å²) in [5, 5.41) is 15.6. The SMILES string of the molecule is COc1ccc(C(=O)[C@H]2[C@H]3C=C[C@]4(O3)[C@H](C(=O)NC3CCCC3)N(Cc3cccs3)C(=O)[C@@H]24)c(O)c1. The van der Waals surface area contributed by atoms with Crippen LogP contribution >= 0.6 is 11.3 Å². The minimum absolute atomic E-state index is 0.0860. The number of nitrogens with one attached hydrogen (secondary N) is 1. The molecule has 0 unspecified atom stereocenters. The molecule has 2 amide bonds. The lowest BCUT2D eigenvalue weighted by Crippen LogP contribution is -2.55. The molecule has 1 aliphatic carbocycles. The maximum absolute atomic E-state index is 14.0. The van der Waals surface area contributed by atoms with Crippen LogP contribution in [0.1, 0.15) is 40.9 Å². The number of phenols is 1. The predicted molar refractivity (Wildman–Crippen MR) is 132 cm³/mol. The summed E-state index contributed by atoms with van der Waals surface area (Å²) >= 11 is 1.52. The largest absolute Gasteiger partial charge is 0.507 e. The monoisotopic (exact) mass is 508 g/mol. The van der Waals surface area contributed by atoms with Crippen molar-refractivity contribution in [3.8, 4) is 11.5 Å². The number of amides is 2. The fraction of sp³-hybridized carbons (Fsp3) is 0.444. The van der Waals surface area contributed by atoms with Crippen LogP contribution in [0.4, 0.5) is 0 Å². The number of ketones is 1. The average Bonchev–Trinajstić information content (AvgIpc) is 3.69. The van der Waals surface area contributed by atoms with Gasteiger partial charge < -0.3 is 24.8 Å². The highest BCUT2D eigenvalue weighted by atomic mass is 32.1. The summed E-state index contributed by atoms with van der Waals surface area (Å²) in [7, 11) is 1.48. The molecule has 3 aliphatic heterocycles. The second-order valence-corrected chi connectivity index (χ2v) is 11.0. The lowest BCUT2D eigenvalue weighted by atomic mass is 9.72. The van der Waals surface area contributed by atoms with E-state index in [0.29, 0.717) is 5.75 Å². The van der Waals surface area contributed by atoms with Crippen molar-refractivity contribution in [3.63, 3.8) is 0 Å². The average molecular weight is 509 g/mol. The number of rotatable bonds is 7. The van der Waals surface area contributed by atoms with Crippen molar-refractivity contribution < 1.29 is 29.0 Å². The summed E-state index contributed by atoms with van der Waals surface area (Å²) in [5.41, 5.74) is -1.11. The Kier molecular flexibility index (Phi) is 5.64. The van der Waals surface area contributed by atoms with Gasteiger partial charge in [0.1, 0.15) is 23.1 Å². The number of ether oxygens (including phenoxy) is 2. The molecule has 1 spiro atoms. The summed E-state index contributed by atoms with van der Waals surface area (Å²) in [6.07, 6.45) is 6.94. The zero-order chi connectivity index (χ0) is 25.0. The van der Waals surface area contributed by atoms with Crippen LogP contribution in [0.3, 0.4) is 0 Å². The first-order valence-electron chi connectivity index (χ1n) is 12.3. The molecule has 0 radical (unpaired) electrons. The predicted octanol–water partition coefficient (Wildman–Crippen LogP) is 3.05. The van der Waals surface area contributed by atoms with E-state index < -0.39 is 29.6 Å². The van der Waals surface area contributed by atoms with Gasteiger partial charge in [0.25, 0.3) is 0 Å². The van der Waals surface area contributed by atoms with Crippen molar-refractivity contribution in [2.45, 2.75) is 56.0 Å². The highest BCUT2D eigenvalue weighted by Gasteiger charge is 2.72. The normalized spacial score (nSPS) is 30.7. The molecule has 1 aromatic carbocycles. The van der Waals surface area contributed by atoms with Crippen molar-refractivity contribution in [2.24, 2.45) is 11.8 Å². The van der Waals surface area contributed by atoms with Crippen molar-refractivity contribution in [1.29, 1.82) is 0 Å². The van der Waals surface area contributed by atoms with Crippen LogP contribution in [0.2, 0.25) is 0 Å².